The Bertz CT molecular complexity index is 231. The fourth-order valence-corrected chi connectivity index (χ4v) is 2.52. The minimum atomic E-state index is -0.711. The van der Waals surface area contributed by atoms with Crippen LogP contribution in [0.2, 0.25) is 0 Å². The van der Waals surface area contributed by atoms with Gasteiger partial charge in [-0.15, -0.1) is 0 Å². The lowest BCUT2D eigenvalue weighted by molar-refractivity contribution is -0.135. The van der Waals surface area contributed by atoms with Crippen LogP contribution in [0.4, 0.5) is 0 Å². The zero-order chi connectivity index (χ0) is 9.47. The second-order valence-electron chi connectivity index (χ2n) is 3.92. The molecule has 0 spiro atoms. The van der Waals surface area contributed by atoms with Gasteiger partial charge in [-0.2, -0.15) is 0 Å². The van der Waals surface area contributed by atoms with Crippen molar-refractivity contribution in [2.75, 3.05) is 33.4 Å². The second-order valence-corrected chi connectivity index (χ2v) is 3.92. The quantitative estimate of drug-likeness (QED) is 0.629. The van der Waals surface area contributed by atoms with Gasteiger partial charge in [-0.3, -0.25) is 9.69 Å². The highest BCUT2D eigenvalue weighted by Gasteiger charge is 2.56. The molecule has 2 aliphatic rings. The molecule has 0 aliphatic carbocycles. The van der Waals surface area contributed by atoms with Crippen LogP contribution >= 0.6 is 0 Å². The summed E-state index contributed by atoms with van der Waals surface area (Å²) in [6.07, 6.45) is 0.949. The largest absolute Gasteiger partial charge is 0.394 e. The summed E-state index contributed by atoms with van der Waals surface area (Å²) in [4.78, 5) is 13.9. The lowest BCUT2D eigenvalue weighted by atomic mass is 9.87. The highest BCUT2D eigenvalue weighted by molar-refractivity contribution is 5.94. The van der Waals surface area contributed by atoms with Gasteiger partial charge in [-0.25, -0.2) is 0 Å². The standard InChI is InChI=1S/C9H15NO3/c1-13-6-9(5-11)8(12)7-2-3-10(9)4-7/h7,11H,2-6H2,1H3/t7-,9+/m0/s1. The van der Waals surface area contributed by atoms with Crippen molar-refractivity contribution in [3.8, 4) is 0 Å². The molecule has 2 rings (SSSR count). The van der Waals surface area contributed by atoms with Gasteiger partial charge in [-0.1, -0.05) is 0 Å². The molecular formula is C9H15NO3. The number of ketones is 1. The van der Waals surface area contributed by atoms with Crippen molar-refractivity contribution in [3.63, 3.8) is 0 Å². The molecule has 2 heterocycles. The third-order valence-corrected chi connectivity index (χ3v) is 3.27. The molecule has 0 saturated carbocycles. The Balaban J connectivity index is 2.24. The minimum Gasteiger partial charge on any atom is -0.394 e. The molecule has 13 heavy (non-hydrogen) atoms. The lowest BCUT2D eigenvalue weighted by Crippen LogP contribution is -2.57. The first-order valence-corrected chi connectivity index (χ1v) is 4.64. The first kappa shape index (κ1) is 9.12. The van der Waals surface area contributed by atoms with Crippen LogP contribution in [-0.4, -0.2) is 54.7 Å². The summed E-state index contributed by atoms with van der Waals surface area (Å²) in [5.74, 6) is 0.311. The van der Waals surface area contributed by atoms with Crippen molar-refractivity contribution in [2.45, 2.75) is 12.0 Å². The van der Waals surface area contributed by atoms with Gasteiger partial charge in [0.2, 0.25) is 0 Å². The average molecular weight is 185 g/mol. The van der Waals surface area contributed by atoms with Crippen LogP contribution in [-0.2, 0) is 9.53 Å². The zero-order valence-corrected chi connectivity index (χ0v) is 7.82. The van der Waals surface area contributed by atoms with E-state index in [1.807, 2.05) is 0 Å². The van der Waals surface area contributed by atoms with Crippen molar-refractivity contribution in [1.82, 2.24) is 4.90 Å². The van der Waals surface area contributed by atoms with Gasteiger partial charge in [0.1, 0.15) is 5.54 Å². The zero-order valence-electron chi connectivity index (χ0n) is 7.82. The Morgan fingerprint density at radius 3 is 3.00 bits per heavy atom. The predicted molar refractivity (Wildman–Crippen MR) is 46.4 cm³/mol. The molecule has 2 saturated heterocycles. The molecule has 0 aromatic carbocycles. The van der Waals surface area contributed by atoms with E-state index in [9.17, 15) is 9.90 Å². The van der Waals surface area contributed by atoms with Crippen LogP contribution < -0.4 is 0 Å². The number of methoxy groups -OCH3 is 1. The Morgan fingerprint density at radius 1 is 1.77 bits per heavy atom. The monoisotopic (exact) mass is 185 g/mol. The normalized spacial score (nSPS) is 43.1. The summed E-state index contributed by atoms with van der Waals surface area (Å²) < 4.78 is 5.02. The maximum absolute atomic E-state index is 11.8. The fraction of sp³-hybridized carbons (Fsp3) is 0.889. The van der Waals surface area contributed by atoms with Crippen molar-refractivity contribution in [3.05, 3.63) is 0 Å². The topological polar surface area (TPSA) is 49.8 Å². The SMILES string of the molecule is COC[C@]1(CO)C(=O)[C@H]2CCN1C2. The number of hydrogen-bond acceptors (Lipinski definition) is 4. The number of rotatable bonds is 3. The molecule has 0 aromatic heterocycles. The number of carbonyl (C=O) groups is 1. The third-order valence-electron chi connectivity index (χ3n) is 3.27. The molecule has 1 N–H and O–H groups in total. The number of piperidine rings is 1. The summed E-state index contributed by atoms with van der Waals surface area (Å²) in [6, 6.07) is 0. The molecule has 2 fully saturated rings. The summed E-state index contributed by atoms with van der Waals surface area (Å²) in [5.41, 5.74) is -0.711. The van der Waals surface area contributed by atoms with Crippen LogP contribution in [0.3, 0.4) is 0 Å². The van der Waals surface area contributed by atoms with Gasteiger partial charge in [0.25, 0.3) is 0 Å². The molecule has 4 nitrogen and oxygen atoms in total. The van der Waals surface area contributed by atoms with E-state index in [4.69, 9.17) is 4.74 Å². The first-order valence-electron chi connectivity index (χ1n) is 4.64. The number of carbonyl (C=O) groups excluding carboxylic acids is 1. The number of aliphatic hydroxyl groups is 1. The average Bonchev–Trinajstić information content (AvgIpc) is 2.69. The van der Waals surface area contributed by atoms with Gasteiger partial charge < -0.3 is 9.84 Å². The highest BCUT2D eigenvalue weighted by Crippen LogP contribution is 2.37. The number of Topliss-reactive ketones (excluding diaryl/α,β-unsaturated/α-hetero) is 1. The van der Waals surface area contributed by atoms with Crippen molar-refractivity contribution in [1.29, 1.82) is 0 Å². The smallest absolute Gasteiger partial charge is 0.162 e. The van der Waals surface area contributed by atoms with E-state index in [2.05, 4.69) is 4.90 Å². The summed E-state index contributed by atoms with van der Waals surface area (Å²) in [5, 5.41) is 9.30. The van der Waals surface area contributed by atoms with Crippen LogP contribution in [0.25, 0.3) is 0 Å². The van der Waals surface area contributed by atoms with Gasteiger partial charge in [0.15, 0.2) is 5.78 Å². The van der Waals surface area contributed by atoms with E-state index < -0.39 is 5.54 Å². The van der Waals surface area contributed by atoms with Gasteiger partial charge in [-0.05, 0) is 6.42 Å². The van der Waals surface area contributed by atoms with Crippen molar-refractivity contribution >= 4 is 5.78 Å². The van der Waals surface area contributed by atoms with Gasteiger partial charge in [0.05, 0.1) is 13.2 Å². The van der Waals surface area contributed by atoms with Crippen LogP contribution in [0, 0.1) is 5.92 Å². The number of hydrogen-bond donors (Lipinski definition) is 1. The predicted octanol–water partition coefficient (Wildman–Crippen LogP) is -0.731. The maximum Gasteiger partial charge on any atom is 0.162 e. The van der Waals surface area contributed by atoms with E-state index in [0.717, 1.165) is 19.5 Å². The van der Waals surface area contributed by atoms with E-state index in [1.165, 1.54) is 0 Å². The van der Waals surface area contributed by atoms with Crippen molar-refractivity contribution < 1.29 is 14.6 Å². The first-order chi connectivity index (χ1) is 6.24. The number of nitrogens with zero attached hydrogens (tertiary/aromatic N) is 1. The molecule has 2 bridgehead atoms. The van der Waals surface area contributed by atoms with E-state index in [0.29, 0.717) is 6.61 Å². The molecule has 4 heteroatoms. The fourth-order valence-electron chi connectivity index (χ4n) is 2.52. The van der Waals surface area contributed by atoms with Crippen LogP contribution in [0.1, 0.15) is 6.42 Å². The molecule has 74 valence electrons. The number of ether oxygens (including phenoxy) is 1. The molecule has 0 amide bonds. The van der Waals surface area contributed by atoms with Crippen molar-refractivity contribution in [2.24, 2.45) is 5.92 Å². The maximum atomic E-state index is 11.8. The summed E-state index contributed by atoms with van der Waals surface area (Å²) >= 11 is 0. The second kappa shape index (κ2) is 3.04. The van der Waals surface area contributed by atoms with E-state index >= 15 is 0 Å². The lowest BCUT2D eigenvalue weighted by Gasteiger charge is -2.35. The van der Waals surface area contributed by atoms with Gasteiger partial charge >= 0.3 is 0 Å². The minimum absolute atomic E-state index is 0.115. The third kappa shape index (κ3) is 1.06. The summed E-state index contributed by atoms with van der Waals surface area (Å²) in [7, 11) is 1.57. The molecule has 1 unspecified atom stereocenters. The van der Waals surface area contributed by atoms with E-state index in [1.54, 1.807) is 7.11 Å². The Hall–Kier alpha value is -0.450. The number of fused-ring (bicyclic) bond motifs is 2. The molecule has 0 radical (unpaired) electrons. The molecule has 0 aromatic rings. The van der Waals surface area contributed by atoms with Crippen LogP contribution in [0.15, 0.2) is 0 Å². The Kier molecular flexibility index (Phi) is 2.14. The Labute approximate surface area is 77.5 Å². The van der Waals surface area contributed by atoms with E-state index in [-0.39, 0.29) is 18.3 Å². The molecule has 3 atom stereocenters. The molecular weight excluding hydrogens is 170 g/mol. The van der Waals surface area contributed by atoms with Gasteiger partial charge in [0, 0.05) is 26.1 Å². The highest BCUT2D eigenvalue weighted by atomic mass is 16.5. The summed E-state index contributed by atoms with van der Waals surface area (Å²) in [6.45, 7) is 1.93. The molecule has 2 aliphatic heterocycles. The number of aliphatic hydroxyl groups excluding tert-OH is 1. The van der Waals surface area contributed by atoms with Crippen LogP contribution in [0.5, 0.6) is 0 Å². The Morgan fingerprint density at radius 2 is 2.54 bits per heavy atom.